The third-order valence-corrected chi connectivity index (χ3v) is 5.53. The van der Waals surface area contributed by atoms with Crippen molar-refractivity contribution < 1.29 is 4.79 Å². The molecule has 1 N–H and O–H groups in total. The van der Waals surface area contributed by atoms with Crippen LogP contribution in [0, 0.1) is 0 Å². The van der Waals surface area contributed by atoms with E-state index in [2.05, 4.69) is 27.6 Å². The predicted molar refractivity (Wildman–Crippen MR) is 110 cm³/mol. The van der Waals surface area contributed by atoms with Crippen molar-refractivity contribution in [2.45, 2.75) is 23.8 Å². The lowest BCUT2D eigenvalue weighted by atomic mass is 10.1. The number of hydrogen-bond acceptors (Lipinski definition) is 4. The molecular weight excluding hydrogens is 380 g/mol. The quantitative estimate of drug-likeness (QED) is 0.609. The van der Waals surface area contributed by atoms with Crippen molar-refractivity contribution in [3.8, 4) is 11.4 Å². The van der Waals surface area contributed by atoms with Crippen molar-refractivity contribution in [1.82, 2.24) is 20.1 Å². The topological polar surface area (TPSA) is 59.8 Å². The Hall–Kier alpha value is -2.31. The number of aromatic nitrogens is 3. The molecule has 3 rings (SSSR count). The van der Waals surface area contributed by atoms with Crippen molar-refractivity contribution in [2.75, 3.05) is 6.54 Å². The average Bonchev–Trinajstić information content (AvgIpc) is 3.03. The van der Waals surface area contributed by atoms with Gasteiger partial charge in [-0.15, -0.1) is 10.2 Å². The number of thioether (sulfide) groups is 1. The zero-order valence-corrected chi connectivity index (χ0v) is 16.8. The lowest BCUT2D eigenvalue weighted by Gasteiger charge is -2.11. The van der Waals surface area contributed by atoms with Gasteiger partial charge < -0.3 is 9.88 Å². The van der Waals surface area contributed by atoms with E-state index in [0.717, 1.165) is 17.8 Å². The molecule has 0 saturated heterocycles. The number of carbonyl (C=O) groups excluding carboxylic acids is 1. The summed E-state index contributed by atoms with van der Waals surface area (Å²) < 4.78 is 1.89. The molecule has 0 aliphatic carbocycles. The highest BCUT2D eigenvalue weighted by Crippen LogP contribution is 2.26. The van der Waals surface area contributed by atoms with E-state index in [-0.39, 0.29) is 11.2 Å². The maximum absolute atomic E-state index is 12.4. The Morgan fingerprint density at radius 1 is 1.15 bits per heavy atom. The molecule has 1 aromatic heterocycles. The number of carbonyl (C=O) groups is 1. The lowest BCUT2D eigenvalue weighted by molar-refractivity contribution is -0.120. The highest BCUT2D eigenvalue weighted by molar-refractivity contribution is 8.00. The van der Waals surface area contributed by atoms with Crippen LogP contribution in [0.1, 0.15) is 12.5 Å². The molecule has 3 aromatic rings. The van der Waals surface area contributed by atoms with Crippen LogP contribution in [0.25, 0.3) is 11.4 Å². The SMILES string of the molecule is C[C@H](Sc1nnc(-c2ccc(Cl)cc2)n1C)C(=O)NCCc1ccccc1. The van der Waals surface area contributed by atoms with E-state index in [0.29, 0.717) is 16.7 Å². The van der Waals surface area contributed by atoms with E-state index in [9.17, 15) is 4.79 Å². The second-order valence-corrected chi connectivity index (χ2v) is 7.90. The number of benzene rings is 2. The van der Waals surface area contributed by atoms with Gasteiger partial charge in [0.05, 0.1) is 5.25 Å². The third kappa shape index (κ3) is 5.11. The number of halogens is 1. The molecule has 0 bridgehead atoms. The van der Waals surface area contributed by atoms with Crippen molar-refractivity contribution >= 4 is 29.3 Å². The van der Waals surface area contributed by atoms with Gasteiger partial charge in [0, 0.05) is 24.2 Å². The summed E-state index contributed by atoms with van der Waals surface area (Å²) in [6.07, 6.45) is 0.814. The van der Waals surface area contributed by atoms with Gasteiger partial charge in [-0.2, -0.15) is 0 Å². The molecule has 1 atom stereocenters. The van der Waals surface area contributed by atoms with Crippen LogP contribution < -0.4 is 5.32 Å². The fourth-order valence-electron chi connectivity index (χ4n) is 2.60. The molecule has 5 nitrogen and oxygen atoms in total. The molecule has 7 heteroatoms. The zero-order chi connectivity index (χ0) is 19.2. The average molecular weight is 401 g/mol. The summed E-state index contributed by atoms with van der Waals surface area (Å²) in [5.74, 6) is 0.734. The third-order valence-electron chi connectivity index (χ3n) is 4.14. The summed E-state index contributed by atoms with van der Waals surface area (Å²) in [6, 6.07) is 17.6. The summed E-state index contributed by atoms with van der Waals surface area (Å²) in [5.41, 5.74) is 2.14. The Balaban J connectivity index is 1.56. The van der Waals surface area contributed by atoms with Gasteiger partial charge in [-0.25, -0.2) is 0 Å². The van der Waals surface area contributed by atoms with Gasteiger partial charge in [-0.05, 0) is 43.2 Å². The monoisotopic (exact) mass is 400 g/mol. The van der Waals surface area contributed by atoms with Crippen LogP contribution in [0.15, 0.2) is 59.8 Å². The van der Waals surface area contributed by atoms with Crippen molar-refractivity contribution in [2.24, 2.45) is 7.05 Å². The van der Waals surface area contributed by atoms with Crippen LogP contribution in [-0.4, -0.2) is 32.5 Å². The van der Waals surface area contributed by atoms with Gasteiger partial charge in [0.1, 0.15) is 0 Å². The second-order valence-electron chi connectivity index (χ2n) is 6.16. The minimum atomic E-state index is -0.262. The summed E-state index contributed by atoms with van der Waals surface area (Å²) in [7, 11) is 1.90. The number of hydrogen-bond donors (Lipinski definition) is 1. The van der Waals surface area contributed by atoms with E-state index in [4.69, 9.17) is 11.6 Å². The minimum Gasteiger partial charge on any atom is -0.355 e. The number of nitrogens with zero attached hydrogens (tertiary/aromatic N) is 3. The van der Waals surface area contributed by atoms with Crippen LogP contribution in [0.4, 0.5) is 0 Å². The Kier molecular flexibility index (Phi) is 6.53. The summed E-state index contributed by atoms with van der Waals surface area (Å²) in [5, 5.41) is 12.6. The maximum Gasteiger partial charge on any atom is 0.233 e. The first-order chi connectivity index (χ1) is 13.0. The molecule has 1 amide bonds. The van der Waals surface area contributed by atoms with Crippen LogP contribution in [-0.2, 0) is 18.3 Å². The van der Waals surface area contributed by atoms with Crippen molar-refractivity contribution in [1.29, 1.82) is 0 Å². The Labute approximate surface area is 168 Å². The Bertz CT molecular complexity index is 896. The van der Waals surface area contributed by atoms with Crippen LogP contribution in [0.3, 0.4) is 0 Å². The molecule has 1 heterocycles. The Morgan fingerprint density at radius 3 is 2.56 bits per heavy atom. The maximum atomic E-state index is 12.4. The molecule has 0 saturated carbocycles. The van der Waals surface area contributed by atoms with Gasteiger partial charge in [-0.3, -0.25) is 4.79 Å². The van der Waals surface area contributed by atoms with E-state index >= 15 is 0 Å². The first kappa shape index (κ1) is 19.5. The van der Waals surface area contributed by atoms with Crippen molar-refractivity contribution in [3.05, 3.63) is 65.2 Å². The molecule has 0 fully saturated rings. The summed E-state index contributed by atoms with van der Waals surface area (Å²) in [4.78, 5) is 12.4. The molecule has 0 unspecified atom stereocenters. The van der Waals surface area contributed by atoms with Crippen LogP contribution in [0.5, 0.6) is 0 Å². The number of rotatable bonds is 7. The lowest BCUT2D eigenvalue weighted by Crippen LogP contribution is -2.32. The fraction of sp³-hybridized carbons (Fsp3) is 0.250. The molecule has 2 aromatic carbocycles. The first-order valence-corrected chi connectivity index (χ1v) is 9.94. The predicted octanol–water partition coefficient (Wildman–Crippen LogP) is 3.98. The van der Waals surface area contributed by atoms with Gasteiger partial charge in [0.2, 0.25) is 5.91 Å². The van der Waals surface area contributed by atoms with E-state index in [1.165, 1.54) is 17.3 Å². The molecule has 140 valence electrons. The molecule has 0 aliphatic heterocycles. The molecule has 0 radical (unpaired) electrons. The normalized spacial score (nSPS) is 12.0. The van der Waals surface area contributed by atoms with Crippen LogP contribution in [0.2, 0.25) is 5.02 Å². The first-order valence-electron chi connectivity index (χ1n) is 8.68. The molecule has 0 aliphatic rings. The number of amides is 1. The van der Waals surface area contributed by atoms with Crippen LogP contribution >= 0.6 is 23.4 Å². The van der Waals surface area contributed by atoms with Gasteiger partial charge in [-0.1, -0.05) is 53.7 Å². The minimum absolute atomic E-state index is 0.00743. The molecule has 0 spiro atoms. The van der Waals surface area contributed by atoms with Gasteiger partial charge in [0.15, 0.2) is 11.0 Å². The second kappa shape index (κ2) is 9.06. The van der Waals surface area contributed by atoms with Gasteiger partial charge in [0.25, 0.3) is 0 Å². The molecule has 27 heavy (non-hydrogen) atoms. The summed E-state index contributed by atoms with van der Waals surface area (Å²) >= 11 is 7.33. The highest BCUT2D eigenvalue weighted by Gasteiger charge is 2.19. The Morgan fingerprint density at radius 2 is 1.85 bits per heavy atom. The highest BCUT2D eigenvalue weighted by atomic mass is 35.5. The standard InChI is InChI=1S/C20H21ClN4OS/c1-14(19(26)22-13-12-15-6-4-3-5-7-15)27-20-24-23-18(25(20)2)16-8-10-17(21)11-9-16/h3-11,14H,12-13H2,1-2H3,(H,22,26)/t14-/m0/s1. The fourth-order valence-corrected chi connectivity index (χ4v) is 3.56. The van der Waals surface area contributed by atoms with E-state index in [1.807, 2.05) is 61.0 Å². The largest absolute Gasteiger partial charge is 0.355 e. The summed E-state index contributed by atoms with van der Waals surface area (Å²) in [6.45, 7) is 2.49. The zero-order valence-electron chi connectivity index (χ0n) is 15.2. The van der Waals surface area contributed by atoms with Gasteiger partial charge >= 0.3 is 0 Å². The smallest absolute Gasteiger partial charge is 0.233 e. The van der Waals surface area contributed by atoms with E-state index in [1.54, 1.807) is 0 Å². The number of nitrogens with one attached hydrogen (secondary N) is 1. The molecular formula is C20H21ClN4OS. The van der Waals surface area contributed by atoms with E-state index < -0.39 is 0 Å². The van der Waals surface area contributed by atoms with Crippen molar-refractivity contribution in [3.63, 3.8) is 0 Å².